The van der Waals surface area contributed by atoms with Crippen molar-refractivity contribution in [3.8, 4) is 0 Å². The predicted octanol–water partition coefficient (Wildman–Crippen LogP) is 0.102. The molecular weight excluding hydrogens is 272 g/mol. The van der Waals surface area contributed by atoms with Crippen LogP contribution in [0.4, 0.5) is 0 Å². The van der Waals surface area contributed by atoms with Gasteiger partial charge in [0.05, 0.1) is 39.1 Å². The monoisotopic (exact) mass is 304 g/mol. The Morgan fingerprint density at radius 2 is 1.95 bits per heavy atom. The van der Waals surface area contributed by atoms with Crippen LogP contribution in [0.2, 0.25) is 0 Å². The molecule has 1 heterocycles. The summed E-state index contributed by atoms with van der Waals surface area (Å²) in [5, 5.41) is 13.0. The number of hydrogen-bond acceptors (Lipinski definition) is 6. The number of ether oxygens (including phenoxy) is 3. The van der Waals surface area contributed by atoms with E-state index in [0.29, 0.717) is 26.4 Å². The molecule has 1 unspecified atom stereocenters. The number of hydrogen-bond donors (Lipinski definition) is 2. The van der Waals surface area contributed by atoms with Crippen molar-refractivity contribution < 1.29 is 19.3 Å². The number of unbranched alkanes of at least 4 members (excludes halogenated alkanes) is 1. The SMILES string of the molecule is CCCCOCCOCC(O)CNCCN1CCOCC1. The van der Waals surface area contributed by atoms with Crippen molar-refractivity contribution in [2.75, 3.05) is 72.4 Å². The van der Waals surface area contributed by atoms with Crippen LogP contribution in [0.25, 0.3) is 0 Å². The van der Waals surface area contributed by atoms with Crippen LogP contribution in [0.1, 0.15) is 19.8 Å². The average molecular weight is 304 g/mol. The maximum Gasteiger partial charge on any atom is 0.0897 e. The van der Waals surface area contributed by atoms with Crippen LogP contribution >= 0.6 is 0 Å². The summed E-state index contributed by atoms with van der Waals surface area (Å²) in [6, 6.07) is 0. The van der Waals surface area contributed by atoms with Crippen LogP contribution in [-0.2, 0) is 14.2 Å². The lowest BCUT2D eigenvalue weighted by molar-refractivity contribution is 0.00334. The molecule has 0 aromatic rings. The van der Waals surface area contributed by atoms with Gasteiger partial charge in [-0.25, -0.2) is 0 Å². The fourth-order valence-electron chi connectivity index (χ4n) is 2.08. The lowest BCUT2D eigenvalue weighted by Crippen LogP contribution is -2.41. The van der Waals surface area contributed by atoms with Crippen LogP contribution < -0.4 is 5.32 Å². The first-order chi connectivity index (χ1) is 10.3. The summed E-state index contributed by atoms with van der Waals surface area (Å²) in [6.45, 7) is 10.6. The number of morpholine rings is 1. The summed E-state index contributed by atoms with van der Waals surface area (Å²) in [4.78, 5) is 2.37. The Labute approximate surface area is 128 Å². The quantitative estimate of drug-likeness (QED) is 0.471. The molecule has 0 aromatic carbocycles. The highest BCUT2D eigenvalue weighted by Crippen LogP contribution is 1.95. The van der Waals surface area contributed by atoms with Gasteiger partial charge >= 0.3 is 0 Å². The topological polar surface area (TPSA) is 63.2 Å². The molecule has 2 N–H and O–H groups in total. The molecule has 1 atom stereocenters. The minimum atomic E-state index is -0.453. The zero-order chi connectivity index (χ0) is 15.2. The van der Waals surface area contributed by atoms with E-state index in [1.54, 1.807) is 0 Å². The third kappa shape index (κ3) is 11.0. The Bertz CT molecular complexity index is 226. The average Bonchev–Trinajstić information content (AvgIpc) is 2.52. The van der Waals surface area contributed by atoms with E-state index in [0.717, 1.165) is 58.8 Å². The molecule has 0 aromatic heterocycles. The molecule has 0 radical (unpaired) electrons. The van der Waals surface area contributed by atoms with Gasteiger partial charge in [0.1, 0.15) is 0 Å². The molecule has 21 heavy (non-hydrogen) atoms. The Morgan fingerprint density at radius 1 is 1.19 bits per heavy atom. The highest BCUT2D eigenvalue weighted by atomic mass is 16.5. The van der Waals surface area contributed by atoms with E-state index in [1.165, 1.54) is 0 Å². The molecule has 1 aliphatic heterocycles. The molecule has 1 fully saturated rings. The van der Waals surface area contributed by atoms with Gasteiger partial charge in [-0.15, -0.1) is 0 Å². The van der Waals surface area contributed by atoms with Crippen molar-refractivity contribution >= 4 is 0 Å². The van der Waals surface area contributed by atoms with Crippen LogP contribution in [-0.4, -0.2) is 88.5 Å². The second-order valence-electron chi connectivity index (χ2n) is 5.35. The first-order valence-corrected chi connectivity index (χ1v) is 8.17. The molecule has 1 saturated heterocycles. The highest BCUT2D eigenvalue weighted by molar-refractivity contribution is 4.65. The van der Waals surface area contributed by atoms with Crippen molar-refractivity contribution in [2.24, 2.45) is 0 Å². The van der Waals surface area contributed by atoms with Crippen molar-refractivity contribution in [1.82, 2.24) is 10.2 Å². The van der Waals surface area contributed by atoms with E-state index in [2.05, 4.69) is 17.1 Å². The van der Waals surface area contributed by atoms with Gasteiger partial charge in [-0.1, -0.05) is 13.3 Å². The molecule has 0 spiro atoms. The largest absolute Gasteiger partial charge is 0.389 e. The third-order valence-corrected chi connectivity index (χ3v) is 3.41. The summed E-state index contributed by atoms with van der Waals surface area (Å²) in [7, 11) is 0. The van der Waals surface area contributed by atoms with E-state index in [1.807, 2.05) is 0 Å². The summed E-state index contributed by atoms with van der Waals surface area (Å²) < 4.78 is 16.1. The van der Waals surface area contributed by atoms with Crippen molar-refractivity contribution in [3.63, 3.8) is 0 Å². The molecule has 1 aliphatic rings. The second kappa shape index (κ2) is 13.4. The lowest BCUT2D eigenvalue weighted by Gasteiger charge is -2.26. The number of aliphatic hydroxyl groups excluding tert-OH is 1. The zero-order valence-electron chi connectivity index (χ0n) is 13.4. The number of nitrogens with zero attached hydrogens (tertiary/aromatic N) is 1. The van der Waals surface area contributed by atoms with E-state index >= 15 is 0 Å². The molecule has 126 valence electrons. The van der Waals surface area contributed by atoms with E-state index in [-0.39, 0.29) is 0 Å². The van der Waals surface area contributed by atoms with Crippen LogP contribution in [0.3, 0.4) is 0 Å². The van der Waals surface area contributed by atoms with Gasteiger partial charge in [0, 0.05) is 39.3 Å². The zero-order valence-corrected chi connectivity index (χ0v) is 13.4. The molecule has 0 saturated carbocycles. The van der Waals surface area contributed by atoms with Crippen LogP contribution in [0, 0.1) is 0 Å². The van der Waals surface area contributed by atoms with E-state index < -0.39 is 6.10 Å². The molecule has 0 aliphatic carbocycles. The van der Waals surface area contributed by atoms with Gasteiger partial charge in [-0.2, -0.15) is 0 Å². The molecule has 1 rings (SSSR count). The Hall–Kier alpha value is -0.240. The van der Waals surface area contributed by atoms with Gasteiger partial charge in [-0.05, 0) is 6.42 Å². The minimum Gasteiger partial charge on any atom is -0.389 e. The number of nitrogens with one attached hydrogen (secondary N) is 1. The standard InChI is InChI=1S/C15H32N2O4/c1-2-3-8-19-11-12-21-14-15(18)13-16-4-5-17-6-9-20-10-7-17/h15-16,18H,2-14H2,1H3. The van der Waals surface area contributed by atoms with Gasteiger partial charge in [0.15, 0.2) is 0 Å². The highest BCUT2D eigenvalue weighted by Gasteiger charge is 2.09. The second-order valence-corrected chi connectivity index (χ2v) is 5.35. The Balaban J connectivity index is 1.81. The summed E-state index contributed by atoms with van der Waals surface area (Å²) >= 11 is 0. The maximum atomic E-state index is 9.76. The smallest absolute Gasteiger partial charge is 0.0897 e. The predicted molar refractivity (Wildman–Crippen MR) is 82.7 cm³/mol. The molecule has 6 nitrogen and oxygen atoms in total. The van der Waals surface area contributed by atoms with E-state index in [9.17, 15) is 5.11 Å². The van der Waals surface area contributed by atoms with Crippen LogP contribution in [0.15, 0.2) is 0 Å². The van der Waals surface area contributed by atoms with Gasteiger partial charge in [-0.3, -0.25) is 4.90 Å². The third-order valence-electron chi connectivity index (χ3n) is 3.41. The molecule has 0 amide bonds. The Morgan fingerprint density at radius 3 is 2.71 bits per heavy atom. The summed E-state index contributed by atoms with van der Waals surface area (Å²) in [5.74, 6) is 0. The van der Waals surface area contributed by atoms with Crippen molar-refractivity contribution in [3.05, 3.63) is 0 Å². The van der Waals surface area contributed by atoms with Gasteiger partial charge in [0.2, 0.25) is 0 Å². The first kappa shape index (κ1) is 18.8. The molecular formula is C15H32N2O4. The normalized spacial score (nSPS) is 18.0. The summed E-state index contributed by atoms with van der Waals surface area (Å²) in [5.41, 5.74) is 0. The van der Waals surface area contributed by atoms with Crippen molar-refractivity contribution in [1.29, 1.82) is 0 Å². The van der Waals surface area contributed by atoms with E-state index in [4.69, 9.17) is 14.2 Å². The fourth-order valence-corrected chi connectivity index (χ4v) is 2.08. The van der Waals surface area contributed by atoms with Gasteiger partial charge in [0.25, 0.3) is 0 Å². The van der Waals surface area contributed by atoms with Crippen molar-refractivity contribution in [2.45, 2.75) is 25.9 Å². The maximum absolute atomic E-state index is 9.76. The number of rotatable bonds is 13. The summed E-state index contributed by atoms with van der Waals surface area (Å²) in [6.07, 6.45) is 1.79. The fraction of sp³-hybridized carbons (Fsp3) is 1.00. The molecule has 0 bridgehead atoms. The number of aliphatic hydroxyl groups is 1. The first-order valence-electron chi connectivity index (χ1n) is 8.17. The minimum absolute atomic E-state index is 0.363. The Kier molecular flexibility index (Phi) is 12.0. The lowest BCUT2D eigenvalue weighted by atomic mass is 10.3. The van der Waals surface area contributed by atoms with Gasteiger partial charge < -0.3 is 24.6 Å². The molecule has 6 heteroatoms. The van der Waals surface area contributed by atoms with Crippen LogP contribution in [0.5, 0.6) is 0 Å².